The maximum atomic E-state index is 8.43. The first-order valence-corrected chi connectivity index (χ1v) is 3.71. The summed E-state index contributed by atoms with van der Waals surface area (Å²) >= 11 is 1.75. The van der Waals surface area contributed by atoms with Crippen molar-refractivity contribution in [3.05, 3.63) is 0 Å². The Morgan fingerprint density at radius 2 is 2.11 bits per heavy atom. The molecule has 0 radical (unpaired) electrons. The van der Waals surface area contributed by atoms with Gasteiger partial charge in [0.2, 0.25) is 0 Å². The first kappa shape index (κ1) is 9.52. The Morgan fingerprint density at radius 3 is 2.33 bits per heavy atom. The van der Waals surface area contributed by atoms with Gasteiger partial charge in [0.15, 0.2) is 0 Å². The van der Waals surface area contributed by atoms with Crippen LogP contribution in [0.15, 0.2) is 0 Å². The molecule has 0 aliphatic carbocycles. The van der Waals surface area contributed by atoms with Crippen LogP contribution in [0.1, 0.15) is 6.42 Å². The molecule has 0 bridgehead atoms. The summed E-state index contributed by atoms with van der Waals surface area (Å²) in [6, 6.07) is -0.0278. The molecule has 0 amide bonds. The fourth-order valence-electron chi connectivity index (χ4n) is 0.704. The van der Waals surface area contributed by atoms with Crippen molar-refractivity contribution in [3.63, 3.8) is 0 Å². The Kier molecular flexibility index (Phi) is 4.61. The Morgan fingerprint density at radius 1 is 1.44 bits per heavy atom. The van der Waals surface area contributed by atoms with E-state index in [9.17, 15) is 0 Å². The van der Waals surface area contributed by atoms with Crippen molar-refractivity contribution in [3.8, 4) is 0 Å². The predicted octanol–water partition coefficient (Wildman–Crippen LogP) is 0.994. The van der Waals surface area contributed by atoms with Gasteiger partial charge in [0.1, 0.15) is 0 Å². The highest BCUT2D eigenvalue weighted by atomic mass is 35.5. The van der Waals surface area contributed by atoms with Crippen molar-refractivity contribution in [1.29, 1.82) is 0 Å². The zero-order valence-electron chi connectivity index (χ0n) is 4.86. The molecule has 1 aliphatic rings. The average Bonchev–Trinajstić information content (AvgIpc) is 2.12. The molecule has 0 spiro atoms. The molecule has 5 heteroatoms. The molecule has 1 aliphatic heterocycles. The minimum atomic E-state index is -0.0278. The number of nitrogens with zero attached hydrogens (tertiary/aromatic N) is 1. The third kappa shape index (κ3) is 2.73. The summed E-state index contributed by atoms with van der Waals surface area (Å²) in [6.07, 6.45) is 0.887. The van der Waals surface area contributed by atoms with E-state index in [1.54, 1.807) is 11.8 Å². The van der Waals surface area contributed by atoms with E-state index >= 15 is 0 Å². The van der Waals surface area contributed by atoms with Gasteiger partial charge in [0, 0.05) is 5.75 Å². The second-order valence-corrected chi connectivity index (χ2v) is 2.99. The number of rotatable bonds is 1. The highest BCUT2D eigenvalue weighted by Gasteiger charge is 2.19. The number of halogens is 1. The molecule has 1 fully saturated rings. The van der Waals surface area contributed by atoms with E-state index < -0.39 is 0 Å². The topological polar surface area (TPSA) is 43.7 Å². The summed E-state index contributed by atoms with van der Waals surface area (Å²) in [5, 5.41) is 17.2. The van der Waals surface area contributed by atoms with Gasteiger partial charge in [-0.2, -0.15) is 11.8 Å². The zero-order valence-corrected chi connectivity index (χ0v) is 6.49. The second-order valence-electron chi connectivity index (χ2n) is 1.84. The molecule has 56 valence electrons. The summed E-state index contributed by atoms with van der Waals surface area (Å²) in [4.78, 5) is 0. The standard InChI is InChI=1S/C4H9NO2S.ClH/c6-5(7)4-1-2-8-3-4;/h4,6-7H,1-3H2;1H/t4-;/m1./s1. The summed E-state index contributed by atoms with van der Waals surface area (Å²) in [6.45, 7) is 0. The summed E-state index contributed by atoms with van der Waals surface area (Å²) in [7, 11) is 0. The average molecular weight is 172 g/mol. The zero-order chi connectivity index (χ0) is 5.98. The van der Waals surface area contributed by atoms with Crippen LogP contribution in [0.25, 0.3) is 0 Å². The molecule has 1 saturated heterocycles. The van der Waals surface area contributed by atoms with Crippen molar-refractivity contribution in [2.45, 2.75) is 12.5 Å². The summed E-state index contributed by atoms with van der Waals surface area (Å²) in [5.74, 6) is 1.88. The van der Waals surface area contributed by atoms with Gasteiger partial charge in [-0.05, 0) is 12.2 Å². The van der Waals surface area contributed by atoms with Crippen molar-refractivity contribution >= 4 is 24.2 Å². The molecule has 2 N–H and O–H groups in total. The Balaban J connectivity index is 0.000000640. The van der Waals surface area contributed by atoms with Gasteiger partial charge >= 0.3 is 0 Å². The normalized spacial score (nSPS) is 26.3. The number of hydrogen-bond acceptors (Lipinski definition) is 4. The Labute approximate surface area is 64.4 Å². The van der Waals surface area contributed by atoms with Gasteiger partial charge in [-0.25, -0.2) is 0 Å². The summed E-state index contributed by atoms with van der Waals surface area (Å²) in [5.41, 5.74) is 0. The van der Waals surface area contributed by atoms with Crippen molar-refractivity contribution < 1.29 is 10.4 Å². The van der Waals surface area contributed by atoms with Gasteiger partial charge in [0.25, 0.3) is 0 Å². The molecule has 1 heterocycles. The lowest BCUT2D eigenvalue weighted by Gasteiger charge is -2.11. The monoisotopic (exact) mass is 171 g/mol. The number of hydrogen-bond donors (Lipinski definition) is 2. The molecule has 0 saturated carbocycles. The van der Waals surface area contributed by atoms with Crippen LogP contribution in [0.3, 0.4) is 0 Å². The van der Waals surface area contributed by atoms with Crippen LogP contribution in [0.2, 0.25) is 0 Å². The van der Waals surface area contributed by atoms with Crippen LogP contribution >= 0.6 is 24.2 Å². The maximum absolute atomic E-state index is 8.43. The minimum Gasteiger partial charge on any atom is -0.289 e. The smallest absolute Gasteiger partial charge is 0.0721 e. The first-order valence-electron chi connectivity index (χ1n) is 2.55. The summed E-state index contributed by atoms with van der Waals surface area (Å²) < 4.78 is 0. The minimum absolute atomic E-state index is 0. The van der Waals surface area contributed by atoms with Gasteiger partial charge in [0.05, 0.1) is 6.04 Å². The fourth-order valence-corrected chi connectivity index (χ4v) is 1.88. The van der Waals surface area contributed by atoms with Gasteiger partial charge in [-0.15, -0.1) is 12.4 Å². The third-order valence-electron chi connectivity index (χ3n) is 1.23. The van der Waals surface area contributed by atoms with E-state index in [1.807, 2.05) is 0 Å². The lowest BCUT2D eigenvalue weighted by molar-refractivity contribution is -0.326. The molecular weight excluding hydrogens is 162 g/mol. The molecule has 0 aromatic heterocycles. The lowest BCUT2D eigenvalue weighted by Crippen LogP contribution is -2.28. The van der Waals surface area contributed by atoms with Gasteiger partial charge in [-0.3, -0.25) is 10.4 Å². The van der Waals surface area contributed by atoms with Crippen LogP contribution in [-0.4, -0.2) is 33.2 Å². The van der Waals surface area contributed by atoms with E-state index in [1.165, 1.54) is 0 Å². The van der Waals surface area contributed by atoms with E-state index in [0.717, 1.165) is 17.9 Å². The van der Waals surface area contributed by atoms with Crippen LogP contribution in [-0.2, 0) is 0 Å². The third-order valence-corrected chi connectivity index (χ3v) is 2.38. The van der Waals surface area contributed by atoms with Gasteiger partial charge in [-0.1, -0.05) is 5.23 Å². The van der Waals surface area contributed by atoms with Gasteiger partial charge < -0.3 is 0 Å². The van der Waals surface area contributed by atoms with Crippen molar-refractivity contribution in [2.75, 3.05) is 11.5 Å². The molecule has 0 unspecified atom stereocenters. The van der Waals surface area contributed by atoms with Crippen molar-refractivity contribution in [1.82, 2.24) is 5.23 Å². The largest absolute Gasteiger partial charge is 0.289 e. The van der Waals surface area contributed by atoms with E-state index in [0.29, 0.717) is 5.23 Å². The Hall–Kier alpha value is 0.520. The molecule has 1 atom stereocenters. The maximum Gasteiger partial charge on any atom is 0.0721 e. The molecule has 9 heavy (non-hydrogen) atoms. The first-order chi connectivity index (χ1) is 3.80. The number of hydroxylamine groups is 2. The second kappa shape index (κ2) is 4.35. The molecule has 3 nitrogen and oxygen atoms in total. The Bertz CT molecular complexity index is 77.0. The SMILES string of the molecule is Cl.ON(O)[C@@H]1CCSC1. The van der Waals surface area contributed by atoms with Crippen LogP contribution in [0, 0.1) is 0 Å². The lowest BCUT2D eigenvalue weighted by atomic mass is 10.3. The molecular formula is C4H10ClNO2S. The molecule has 0 aromatic rings. The molecule has 0 aromatic carbocycles. The van der Waals surface area contributed by atoms with Crippen LogP contribution in [0.4, 0.5) is 0 Å². The molecule has 1 rings (SSSR count). The predicted molar refractivity (Wildman–Crippen MR) is 38.4 cm³/mol. The van der Waals surface area contributed by atoms with E-state index in [-0.39, 0.29) is 18.4 Å². The van der Waals surface area contributed by atoms with E-state index in [2.05, 4.69) is 0 Å². The highest BCUT2D eigenvalue weighted by Crippen LogP contribution is 2.19. The van der Waals surface area contributed by atoms with Crippen molar-refractivity contribution in [2.24, 2.45) is 0 Å². The quantitative estimate of drug-likeness (QED) is 0.578. The van der Waals surface area contributed by atoms with E-state index in [4.69, 9.17) is 10.4 Å². The number of thioether (sulfide) groups is 1. The fraction of sp³-hybridized carbons (Fsp3) is 1.00. The van der Waals surface area contributed by atoms with Crippen LogP contribution in [0.5, 0.6) is 0 Å². The highest BCUT2D eigenvalue weighted by molar-refractivity contribution is 7.99. The van der Waals surface area contributed by atoms with Crippen LogP contribution < -0.4 is 0 Å².